The number of aromatic carboxylic acids is 1. The summed E-state index contributed by atoms with van der Waals surface area (Å²) in [6, 6.07) is 22.2. The number of aromatic hydroxyl groups is 1. The summed E-state index contributed by atoms with van der Waals surface area (Å²) < 4.78 is 0. The lowest BCUT2D eigenvalue weighted by Crippen LogP contribution is -2.35. The fraction of sp³-hybridized carbons (Fsp3) is 0.200. The van der Waals surface area contributed by atoms with Crippen LogP contribution in [-0.4, -0.2) is 22.1 Å². The highest BCUT2D eigenvalue weighted by atomic mass is 16.4. The van der Waals surface area contributed by atoms with E-state index in [2.05, 4.69) is 29.4 Å². The third-order valence-corrected chi connectivity index (χ3v) is 6.66. The molecule has 8 heteroatoms. The predicted octanol–water partition coefficient (Wildman–Crippen LogP) is 7.28. The zero-order valence-corrected chi connectivity index (χ0v) is 21.3. The number of phenols is 1. The Kier molecular flexibility index (Phi) is 7.83. The fourth-order valence-electron chi connectivity index (χ4n) is 4.43. The van der Waals surface area contributed by atoms with Crippen molar-refractivity contribution in [1.82, 2.24) is 0 Å². The van der Waals surface area contributed by atoms with Gasteiger partial charge in [-0.25, -0.2) is 4.79 Å². The molecular formula is C30H30N4O4. The predicted molar refractivity (Wildman–Crippen MR) is 149 cm³/mol. The lowest BCUT2D eigenvalue weighted by molar-refractivity contribution is 0.0696. The third-order valence-electron chi connectivity index (χ3n) is 6.66. The summed E-state index contributed by atoms with van der Waals surface area (Å²) >= 11 is 0. The number of fused-ring (bicyclic) bond motifs is 1. The molecule has 0 aliphatic carbocycles. The molecule has 1 atom stereocenters. The summed E-state index contributed by atoms with van der Waals surface area (Å²) in [4.78, 5) is 24.1. The Labute approximate surface area is 220 Å². The number of rotatable bonds is 9. The van der Waals surface area contributed by atoms with Gasteiger partial charge in [-0.05, 0) is 66.3 Å². The quantitative estimate of drug-likeness (QED) is 0.175. The van der Waals surface area contributed by atoms with Gasteiger partial charge in [-0.1, -0.05) is 56.7 Å². The molecule has 1 unspecified atom stereocenters. The summed E-state index contributed by atoms with van der Waals surface area (Å²) in [5.41, 5.74) is 8.50. The van der Waals surface area contributed by atoms with E-state index in [4.69, 9.17) is 10.8 Å². The summed E-state index contributed by atoms with van der Waals surface area (Å²) in [6.45, 7) is 4.19. The van der Waals surface area contributed by atoms with Crippen molar-refractivity contribution in [1.29, 1.82) is 0 Å². The summed E-state index contributed by atoms with van der Waals surface area (Å²) in [7, 11) is 0. The number of carboxylic acid groups (broad SMARTS) is 1. The Morgan fingerprint density at radius 2 is 1.63 bits per heavy atom. The monoisotopic (exact) mass is 510 g/mol. The first-order valence-corrected chi connectivity index (χ1v) is 12.5. The van der Waals surface area contributed by atoms with Crippen molar-refractivity contribution >= 4 is 39.7 Å². The fourth-order valence-corrected chi connectivity index (χ4v) is 4.43. The van der Waals surface area contributed by atoms with Crippen LogP contribution < -0.4 is 11.1 Å². The molecular weight excluding hydrogens is 480 g/mol. The second kappa shape index (κ2) is 11.2. The van der Waals surface area contributed by atoms with E-state index >= 15 is 0 Å². The van der Waals surface area contributed by atoms with Crippen LogP contribution in [0.15, 0.2) is 89.1 Å². The first-order valence-electron chi connectivity index (χ1n) is 12.5. The SMILES string of the molecule is CCCC(N)(CC)c1ccc(N=Nc2c(O)c(C(=O)Nc3ccc(C(=O)O)cc3)cc3ccccc23)cc1. The molecule has 8 nitrogen and oxygen atoms in total. The molecule has 0 heterocycles. The Bertz CT molecular complexity index is 1500. The number of hydrogen-bond acceptors (Lipinski definition) is 6. The molecule has 4 rings (SSSR count). The van der Waals surface area contributed by atoms with Crippen molar-refractivity contribution in [2.75, 3.05) is 5.32 Å². The Morgan fingerprint density at radius 1 is 0.947 bits per heavy atom. The Morgan fingerprint density at radius 3 is 2.26 bits per heavy atom. The van der Waals surface area contributed by atoms with Crippen molar-refractivity contribution < 1.29 is 19.8 Å². The van der Waals surface area contributed by atoms with Gasteiger partial charge in [-0.2, -0.15) is 5.11 Å². The molecule has 1 amide bonds. The minimum Gasteiger partial charge on any atom is -0.505 e. The van der Waals surface area contributed by atoms with E-state index < -0.39 is 17.4 Å². The molecule has 4 aromatic rings. The minimum atomic E-state index is -1.06. The number of carboxylic acids is 1. The third kappa shape index (κ3) is 5.55. The van der Waals surface area contributed by atoms with E-state index in [0.717, 1.165) is 24.8 Å². The molecule has 0 saturated heterocycles. The number of nitrogens with one attached hydrogen (secondary N) is 1. The largest absolute Gasteiger partial charge is 0.505 e. The number of nitrogens with zero attached hydrogens (tertiary/aromatic N) is 2. The van der Waals surface area contributed by atoms with Gasteiger partial charge in [-0.3, -0.25) is 4.79 Å². The van der Waals surface area contributed by atoms with E-state index in [9.17, 15) is 14.7 Å². The smallest absolute Gasteiger partial charge is 0.335 e. The van der Waals surface area contributed by atoms with Crippen LogP contribution in [0.3, 0.4) is 0 Å². The first kappa shape index (κ1) is 26.5. The number of hydrogen-bond donors (Lipinski definition) is 4. The van der Waals surface area contributed by atoms with Crippen LogP contribution in [0.1, 0.15) is 59.4 Å². The van der Waals surface area contributed by atoms with E-state index in [1.54, 1.807) is 12.1 Å². The number of phenolic OH excluding ortho intramolecular Hbond substituents is 1. The van der Waals surface area contributed by atoms with Gasteiger partial charge >= 0.3 is 5.97 Å². The molecule has 0 saturated carbocycles. The molecule has 0 spiro atoms. The van der Waals surface area contributed by atoms with Gasteiger partial charge in [-0.15, -0.1) is 5.11 Å². The standard InChI is InChI=1S/C30H30N4O4/c1-3-17-30(31,4-2)21-11-15-23(16-12-21)33-34-26-24-8-6-5-7-20(24)18-25(27(26)35)28(36)32-22-13-9-19(10-14-22)29(37)38/h5-16,18,35H,3-4,17,31H2,1-2H3,(H,32,36)(H,37,38). The van der Waals surface area contributed by atoms with Gasteiger partial charge in [0.2, 0.25) is 0 Å². The van der Waals surface area contributed by atoms with Crippen molar-refractivity contribution in [2.24, 2.45) is 16.0 Å². The van der Waals surface area contributed by atoms with Crippen LogP contribution in [0.4, 0.5) is 17.1 Å². The van der Waals surface area contributed by atoms with Crippen LogP contribution in [0.2, 0.25) is 0 Å². The molecule has 0 fully saturated rings. The molecule has 0 aromatic heterocycles. The van der Waals surface area contributed by atoms with Crippen molar-refractivity contribution in [3.63, 3.8) is 0 Å². The minimum absolute atomic E-state index is 0.0192. The summed E-state index contributed by atoms with van der Waals surface area (Å²) in [5, 5.41) is 32.8. The molecule has 194 valence electrons. The van der Waals surface area contributed by atoms with Crippen LogP contribution in [0.25, 0.3) is 10.8 Å². The Balaban J connectivity index is 1.66. The highest BCUT2D eigenvalue weighted by Crippen LogP contribution is 2.40. The van der Waals surface area contributed by atoms with E-state index in [1.165, 1.54) is 24.3 Å². The number of benzene rings is 4. The van der Waals surface area contributed by atoms with Gasteiger partial charge in [0.25, 0.3) is 5.91 Å². The lowest BCUT2D eigenvalue weighted by Gasteiger charge is -2.28. The molecule has 0 aliphatic heterocycles. The first-order chi connectivity index (χ1) is 18.3. The molecule has 5 N–H and O–H groups in total. The van der Waals surface area contributed by atoms with Gasteiger partial charge in [0.15, 0.2) is 5.75 Å². The van der Waals surface area contributed by atoms with Gasteiger partial charge in [0, 0.05) is 16.6 Å². The molecule has 0 bridgehead atoms. The maximum atomic E-state index is 13.1. The van der Waals surface area contributed by atoms with Crippen molar-refractivity contribution in [3.05, 3.63) is 95.6 Å². The van der Waals surface area contributed by atoms with Crippen LogP contribution in [-0.2, 0) is 5.54 Å². The summed E-state index contributed by atoms with van der Waals surface area (Å²) in [6.07, 6.45) is 2.68. The molecule has 38 heavy (non-hydrogen) atoms. The number of azo groups is 1. The van der Waals surface area contributed by atoms with E-state index in [1.807, 2.05) is 42.5 Å². The average Bonchev–Trinajstić information content (AvgIpc) is 2.93. The van der Waals surface area contributed by atoms with Crippen molar-refractivity contribution in [2.45, 2.75) is 38.6 Å². The van der Waals surface area contributed by atoms with Gasteiger partial charge in [0.05, 0.1) is 16.8 Å². The number of carbonyl (C=O) groups is 2. The van der Waals surface area contributed by atoms with E-state index in [-0.39, 0.29) is 22.6 Å². The van der Waals surface area contributed by atoms with Crippen LogP contribution in [0.5, 0.6) is 5.75 Å². The second-order valence-electron chi connectivity index (χ2n) is 9.19. The average molecular weight is 511 g/mol. The number of anilines is 1. The maximum Gasteiger partial charge on any atom is 0.335 e. The zero-order valence-electron chi connectivity index (χ0n) is 21.3. The number of carbonyl (C=O) groups excluding carboxylic acids is 1. The Hall–Kier alpha value is -4.56. The van der Waals surface area contributed by atoms with Gasteiger partial charge < -0.3 is 21.3 Å². The van der Waals surface area contributed by atoms with Crippen molar-refractivity contribution in [3.8, 4) is 5.75 Å². The topological polar surface area (TPSA) is 137 Å². The normalized spacial score (nSPS) is 12.9. The zero-order chi connectivity index (χ0) is 27.3. The highest BCUT2D eigenvalue weighted by molar-refractivity contribution is 6.11. The highest BCUT2D eigenvalue weighted by Gasteiger charge is 2.24. The van der Waals surface area contributed by atoms with Gasteiger partial charge in [0.1, 0.15) is 5.69 Å². The second-order valence-corrected chi connectivity index (χ2v) is 9.19. The molecule has 0 aliphatic rings. The molecule has 4 aromatic carbocycles. The van der Waals surface area contributed by atoms with Crippen LogP contribution >= 0.6 is 0 Å². The molecule has 0 radical (unpaired) electrons. The summed E-state index contributed by atoms with van der Waals surface area (Å²) in [5.74, 6) is -1.93. The maximum absolute atomic E-state index is 13.1. The van der Waals surface area contributed by atoms with E-state index in [0.29, 0.717) is 22.1 Å². The van der Waals surface area contributed by atoms with Crippen LogP contribution in [0, 0.1) is 0 Å². The number of amides is 1. The number of nitrogens with two attached hydrogens (primary N) is 1. The lowest BCUT2D eigenvalue weighted by atomic mass is 9.84.